The summed E-state index contributed by atoms with van der Waals surface area (Å²) in [7, 11) is 0. The van der Waals surface area contributed by atoms with Crippen molar-refractivity contribution in [3.05, 3.63) is 319 Å². The van der Waals surface area contributed by atoms with Gasteiger partial charge >= 0.3 is 0 Å². The molecule has 2 aliphatic heterocycles. The van der Waals surface area contributed by atoms with Gasteiger partial charge in [0.2, 0.25) is 13.3 Å². The summed E-state index contributed by atoms with van der Waals surface area (Å²) in [4.78, 5) is 9.12. The van der Waals surface area contributed by atoms with Gasteiger partial charge in [0.05, 0.1) is 0 Å². The van der Waals surface area contributed by atoms with Crippen molar-refractivity contribution in [2.24, 2.45) is 0 Å². The summed E-state index contributed by atoms with van der Waals surface area (Å²) in [5, 5.41) is 0. The van der Waals surface area contributed by atoms with Gasteiger partial charge in [0, 0.05) is 117 Å². The second kappa shape index (κ2) is 40.9. The van der Waals surface area contributed by atoms with Crippen LogP contribution in [0.1, 0.15) is 79.6 Å². The zero-order valence-electron chi connectivity index (χ0n) is 50.2. The van der Waals surface area contributed by atoms with E-state index in [1.165, 1.54) is 101 Å². The fraction of sp³-hybridized carbons (Fsp3) is 0.243. The van der Waals surface area contributed by atoms with E-state index in [4.69, 9.17) is 0 Å². The van der Waals surface area contributed by atoms with Crippen molar-refractivity contribution in [1.82, 2.24) is 0 Å². The smallest absolute Gasteiger partial charge is 0.208 e. The van der Waals surface area contributed by atoms with Crippen molar-refractivity contribution >= 4 is 22.7 Å². The van der Waals surface area contributed by atoms with Crippen molar-refractivity contribution in [2.45, 2.75) is 95.9 Å². The monoisotopic (exact) mass is 1250 g/mol. The molecule has 82 heavy (non-hydrogen) atoms. The normalized spacial score (nSPS) is 19.0. The number of nitrogens with zero attached hydrogens (tertiary/aromatic N) is 4. The second-order valence-electron chi connectivity index (χ2n) is 20.7. The van der Waals surface area contributed by atoms with Gasteiger partial charge in [-0.25, -0.2) is 0 Å². The van der Waals surface area contributed by atoms with Crippen LogP contribution in [0, 0.1) is 263 Å². The standard InChI is InChI=1S/2C21H26N2.C16H16.2C8H8.4Fe/c2*1-14-9-16(3)20(17(4)10-14)22-7-8-23(13-22)21-18(5)11-15(2)12-19(21)6;1-3-7-11-15(12-8-4-1)16-13-9-5-2-6-10-14-16;2*1-2-4-6-8-7-5-3-1;;;;/h2*9-12H,7-8H2,1-6H3;1-11,13H,12,14H2;2*1-8H;;;;/b;;15-11+,16-13+;;;;;;. The van der Waals surface area contributed by atoms with E-state index in [1.807, 2.05) is 103 Å². The Morgan fingerprint density at radius 2 is 0.415 bits per heavy atom. The number of rotatable bonds is 5. The molecule has 4 aliphatic carbocycles. The van der Waals surface area contributed by atoms with Crippen LogP contribution in [0.2, 0.25) is 0 Å². The molecular formula is C74H84Fe4N4. The SMILES string of the molecule is Cc1cc(C)c(N2[C]N(c3c(C)cc(C)cc3C)CC2)c(C)c1.Cc1cc(C)c(N2[C]N(c3c(C)cc(C)cc3C)CC2)c(C)c1.[CH]1[CH][CH]/C=C(/C2=C/[CH][CH][CH][CH][CH]C2)C[CH][CH]1.[CH]1[CH][CH][CH][CH][CH][CH][CH]1.[CH]1[CH][CH][CH][CH][CH][CH][CH]1.[Fe].[Fe].[Fe].[Fe]. The molecular weight excluding hydrogens is 1170 g/mol. The van der Waals surface area contributed by atoms with Crippen molar-refractivity contribution < 1.29 is 68.3 Å². The summed E-state index contributed by atoms with van der Waals surface area (Å²) >= 11 is 0. The number of aryl methyl sites for hydroxylation is 12. The summed E-state index contributed by atoms with van der Waals surface area (Å²) in [6.45, 7) is 37.3. The molecule has 0 bridgehead atoms. The first-order valence-corrected chi connectivity index (χ1v) is 27.7. The molecule has 0 N–H and O–H groups in total. The van der Waals surface area contributed by atoms with E-state index in [0.29, 0.717) is 0 Å². The van der Waals surface area contributed by atoms with Crippen LogP contribution in [0.4, 0.5) is 22.7 Å². The van der Waals surface area contributed by atoms with E-state index in [2.05, 4.69) is 241 Å². The van der Waals surface area contributed by atoms with Crippen molar-refractivity contribution in [2.75, 3.05) is 45.8 Å². The maximum Gasteiger partial charge on any atom is 0.208 e. The Bertz CT molecular complexity index is 2090. The molecule has 8 heteroatoms. The Morgan fingerprint density at radius 1 is 0.244 bits per heavy atom. The molecule has 2 saturated heterocycles. The largest absolute Gasteiger partial charge is 0.339 e. The molecule has 432 valence electrons. The maximum atomic E-state index is 3.59. The van der Waals surface area contributed by atoms with Crippen LogP contribution < -0.4 is 19.6 Å². The van der Waals surface area contributed by atoms with Crippen LogP contribution in [0.3, 0.4) is 0 Å². The third kappa shape index (κ3) is 24.8. The Kier molecular flexibility index (Phi) is 37.8. The second-order valence-corrected chi connectivity index (χ2v) is 20.7. The van der Waals surface area contributed by atoms with Gasteiger partial charge in [0.1, 0.15) is 0 Å². The third-order valence-corrected chi connectivity index (χ3v) is 13.6. The quantitative estimate of drug-likeness (QED) is 0.185. The van der Waals surface area contributed by atoms with Crippen molar-refractivity contribution in [3.63, 3.8) is 0 Å². The van der Waals surface area contributed by atoms with E-state index in [0.717, 1.165) is 39.0 Å². The minimum absolute atomic E-state index is 0. The Labute approximate surface area is 547 Å². The fourth-order valence-corrected chi connectivity index (χ4v) is 10.7. The average molecular weight is 1250 g/mol. The van der Waals surface area contributed by atoms with Gasteiger partial charge in [0.25, 0.3) is 0 Å². The Morgan fingerprint density at radius 3 is 0.610 bits per heavy atom. The first-order chi connectivity index (χ1) is 37.7. The number of hydrogen-bond acceptors (Lipinski definition) is 4. The van der Waals surface area contributed by atoms with Crippen molar-refractivity contribution in [3.8, 4) is 0 Å². The van der Waals surface area contributed by atoms with Gasteiger partial charge in [-0.2, -0.15) is 0 Å². The zero-order chi connectivity index (χ0) is 55.8. The molecule has 0 atom stereocenters. The Balaban J connectivity index is 0.000000366. The fourth-order valence-electron chi connectivity index (χ4n) is 10.7. The predicted octanol–water partition coefficient (Wildman–Crippen LogP) is 16.7. The number of allylic oxidation sites excluding steroid dienone is 4. The van der Waals surface area contributed by atoms with Crippen LogP contribution in [0.25, 0.3) is 0 Å². The summed E-state index contributed by atoms with van der Waals surface area (Å²) < 4.78 is 0. The minimum Gasteiger partial charge on any atom is -0.339 e. The van der Waals surface area contributed by atoms with Gasteiger partial charge in [-0.15, -0.1) is 0 Å². The predicted molar refractivity (Wildman–Crippen MR) is 336 cm³/mol. The third-order valence-electron chi connectivity index (χ3n) is 13.6. The molecule has 0 spiro atoms. The van der Waals surface area contributed by atoms with E-state index < -0.39 is 0 Å². The molecule has 0 aromatic heterocycles. The van der Waals surface area contributed by atoms with Crippen LogP contribution in [-0.2, 0) is 68.3 Å². The molecule has 4 aromatic rings. The molecule has 10 rings (SSSR count). The van der Waals surface area contributed by atoms with E-state index in [9.17, 15) is 0 Å². The molecule has 4 aromatic carbocycles. The summed E-state index contributed by atoms with van der Waals surface area (Å²) in [6, 6.07) is 18.1. The van der Waals surface area contributed by atoms with Gasteiger partial charge in [-0.3, -0.25) is 0 Å². The molecule has 6 aliphatic rings. The first kappa shape index (κ1) is 75.7. The van der Waals surface area contributed by atoms with Crippen LogP contribution >= 0.6 is 0 Å². The zero-order valence-corrected chi connectivity index (χ0v) is 54.6. The molecule has 30 radical (unpaired) electrons. The van der Waals surface area contributed by atoms with E-state index in [-0.39, 0.29) is 68.3 Å². The molecule has 4 fully saturated rings. The molecule has 2 saturated carbocycles. The molecule has 0 amide bonds. The summed E-state index contributed by atoms with van der Waals surface area (Å²) in [6.07, 6.45) is 59.5. The number of benzene rings is 4. The Hall–Kier alpha value is -2.36. The first-order valence-electron chi connectivity index (χ1n) is 27.7. The number of hydrogen-bond donors (Lipinski definition) is 0. The van der Waals surface area contributed by atoms with Gasteiger partial charge in [-0.1, -0.05) is 82.9 Å². The van der Waals surface area contributed by atoms with Crippen LogP contribution in [0.5, 0.6) is 0 Å². The molecule has 0 unspecified atom stereocenters. The van der Waals surface area contributed by atoms with Crippen LogP contribution in [0.15, 0.2) is 71.8 Å². The average Bonchev–Trinajstić information content (AvgIpc) is 3.99. The van der Waals surface area contributed by atoms with E-state index >= 15 is 0 Å². The number of anilines is 4. The van der Waals surface area contributed by atoms with Crippen molar-refractivity contribution in [1.29, 1.82) is 0 Å². The summed E-state index contributed by atoms with van der Waals surface area (Å²) in [5.41, 5.74) is 23.9. The van der Waals surface area contributed by atoms with Gasteiger partial charge in [0.15, 0.2) is 0 Å². The molecule has 2 heterocycles. The topological polar surface area (TPSA) is 13.0 Å². The van der Waals surface area contributed by atoms with Gasteiger partial charge < -0.3 is 19.6 Å². The van der Waals surface area contributed by atoms with E-state index in [1.54, 1.807) is 0 Å². The minimum atomic E-state index is 0. The molecule has 4 nitrogen and oxygen atoms in total. The van der Waals surface area contributed by atoms with Crippen LogP contribution in [-0.4, -0.2) is 26.2 Å². The maximum absolute atomic E-state index is 3.59. The summed E-state index contributed by atoms with van der Waals surface area (Å²) in [5.74, 6) is 0. The van der Waals surface area contributed by atoms with Gasteiger partial charge in [-0.05, 0) is 319 Å².